The number of hydrogen-bond donors (Lipinski definition) is 0. The highest BCUT2D eigenvalue weighted by Gasteiger charge is 2.35. The second-order valence-corrected chi connectivity index (χ2v) is 26.9. The average Bonchev–Trinajstić information content (AvgIpc) is 1.58. The topological polar surface area (TPSA) is 274 Å². The molecule has 0 fully saturated rings. The highest BCUT2D eigenvalue weighted by atomic mass is 16.5. The molecule has 17 rings (SSSR count). The molecule has 16 aromatic rings. The van der Waals surface area contributed by atoms with E-state index in [1.807, 2.05) is 78.9 Å². The summed E-state index contributed by atoms with van der Waals surface area (Å²) in [4.78, 5) is 106. The smallest absolute Gasteiger partial charge is 0.298 e. The summed E-state index contributed by atoms with van der Waals surface area (Å²) >= 11 is 0. The summed E-state index contributed by atoms with van der Waals surface area (Å²) in [6.45, 7) is 6.61. The Bertz CT molecular complexity index is 6590. The normalized spacial score (nSPS) is 11.7. The Morgan fingerprint density at radius 1 is 0.222 bits per heavy atom. The average molecular weight is 1540 g/mol. The van der Waals surface area contributed by atoms with Crippen molar-refractivity contribution in [3.8, 4) is 114 Å². The maximum atomic E-state index is 11.1. The molecule has 21 nitrogen and oxygen atoms in total. The summed E-state index contributed by atoms with van der Waals surface area (Å²) in [6, 6.07) is 79.4. The number of benzene rings is 7. The van der Waals surface area contributed by atoms with Gasteiger partial charge in [0, 0.05) is 97.2 Å². The van der Waals surface area contributed by atoms with E-state index in [1.54, 1.807) is 91.4 Å². The largest absolute Gasteiger partial charge is 0.429 e. The molecule has 0 bridgehead atoms. The summed E-state index contributed by atoms with van der Waals surface area (Å²) in [5.41, 5.74) is 17.1. The summed E-state index contributed by atoms with van der Waals surface area (Å²) in [5.74, 6) is 1.81. The van der Waals surface area contributed by atoms with Gasteiger partial charge in [-0.1, -0.05) is 166 Å². The molecule has 9 heterocycles. The number of rotatable bonds is 24. The SMILES string of the molecule is CC1(C)c2ccccc2-c2ccc(/C=C/c3ccnc(-c4cc(OC=O)cc(-c5cc(OC=O)ccn5)n4)c3)cc21.O=COc1ccnc(-c2cc(OC=O)cc(-c3cc(/C=C/c4ccc5cc6ccccc6cc5c4)ccn3)n2)c1.O=COc1ccnc(-c2cc(OC=O)cc(-c3cc(/C=C/c4ccc5ccccc5c4)ccn3)n2)c1. The summed E-state index contributed by atoms with van der Waals surface area (Å²) in [7, 11) is 0. The number of fused-ring (bicyclic) bond motifs is 6. The summed E-state index contributed by atoms with van der Waals surface area (Å²) in [5, 5.41) is 7.17. The van der Waals surface area contributed by atoms with Gasteiger partial charge >= 0.3 is 0 Å². The monoisotopic (exact) mass is 1540 g/mol. The van der Waals surface area contributed by atoms with Crippen molar-refractivity contribution < 1.29 is 57.2 Å². The van der Waals surface area contributed by atoms with Crippen LogP contribution in [0.25, 0.3) is 148 Å². The number of pyridine rings is 9. The highest BCUT2D eigenvalue weighted by molar-refractivity contribution is 5.99. The molecule has 1 aliphatic carbocycles. The molecule has 0 atom stereocenters. The van der Waals surface area contributed by atoms with Crippen molar-refractivity contribution in [1.82, 2.24) is 44.9 Å². The fraction of sp³-hybridized carbons (Fsp3) is 0.0312. The van der Waals surface area contributed by atoms with Gasteiger partial charge in [-0.3, -0.25) is 58.7 Å². The summed E-state index contributed by atoms with van der Waals surface area (Å²) in [6.07, 6.45) is 21.9. The predicted molar refractivity (Wildman–Crippen MR) is 448 cm³/mol. The van der Waals surface area contributed by atoms with Crippen LogP contribution in [0.15, 0.2) is 286 Å². The third kappa shape index (κ3) is 18.2. The molecule has 21 heteroatoms. The molecule has 117 heavy (non-hydrogen) atoms. The van der Waals surface area contributed by atoms with Crippen molar-refractivity contribution in [1.29, 1.82) is 0 Å². The second-order valence-electron chi connectivity index (χ2n) is 26.9. The van der Waals surface area contributed by atoms with Crippen LogP contribution in [0.1, 0.15) is 58.4 Å². The van der Waals surface area contributed by atoms with Crippen LogP contribution in [0.2, 0.25) is 0 Å². The lowest BCUT2D eigenvalue weighted by atomic mass is 9.82. The Morgan fingerprint density at radius 3 is 0.897 bits per heavy atom. The fourth-order valence-electron chi connectivity index (χ4n) is 13.6. The van der Waals surface area contributed by atoms with E-state index in [9.17, 15) is 28.8 Å². The summed E-state index contributed by atoms with van der Waals surface area (Å²) < 4.78 is 30.1. The van der Waals surface area contributed by atoms with E-state index in [0.717, 1.165) is 33.4 Å². The Balaban J connectivity index is 0.000000138. The first-order valence-electron chi connectivity index (χ1n) is 36.5. The van der Waals surface area contributed by atoms with Crippen molar-refractivity contribution in [2.75, 3.05) is 0 Å². The first-order valence-corrected chi connectivity index (χ1v) is 36.5. The van der Waals surface area contributed by atoms with Crippen molar-refractivity contribution >= 4 is 108 Å². The lowest BCUT2D eigenvalue weighted by Crippen LogP contribution is -2.14. The Kier molecular flexibility index (Phi) is 23.0. The van der Waals surface area contributed by atoms with Crippen molar-refractivity contribution in [2.24, 2.45) is 0 Å². The minimum atomic E-state index is -0.0642. The Morgan fingerprint density at radius 2 is 0.496 bits per heavy atom. The van der Waals surface area contributed by atoms with Crippen LogP contribution in [-0.4, -0.2) is 83.7 Å². The molecule has 7 aromatic carbocycles. The van der Waals surface area contributed by atoms with Crippen molar-refractivity contribution in [2.45, 2.75) is 19.3 Å². The van der Waals surface area contributed by atoms with E-state index in [1.165, 1.54) is 73.2 Å². The van der Waals surface area contributed by atoms with E-state index in [0.29, 0.717) is 124 Å². The van der Waals surface area contributed by atoms with Crippen LogP contribution in [0.3, 0.4) is 0 Å². The van der Waals surface area contributed by atoms with Gasteiger partial charge in [0.25, 0.3) is 38.8 Å². The van der Waals surface area contributed by atoms with Gasteiger partial charge in [0.2, 0.25) is 0 Å². The van der Waals surface area contributed by atoms with Gasteiger partial charge in [0.1, 0.15) is 34.5 Å². The van der Waals surface area contributed by atoms with Crippen molar-refractivity contribution in [3.63, 3.8) is 0 Å². The molecule has 0 amide bonds. The zero-order valence-corrected chi connectivity index (χ0v) is 62.5. The van der Waals surface area contributed by atoms with Crippen LogP contribution in [0, 0.1) is 0 Å². The maximum Gasteiger partial charge on any atom is 0.298 e. The molecule has 0 spiro atoms. The minimum absolute atomic E-state index is 0.0642. The zero-order chi connectivity index (χ0) is 80.5. The predicted octanol–water partition coefficient (Wildman–Crippen LogP) is 19.1. The van der Waals surface area contributed by atoms with Crippen LogP contribution in [0.5, 0.6) is 34.5 Å². The van der Waals surface area contributed by atoms with Crippen LogP contribution in [-0.2, 0) is 34.2 Å². The van der Waals surface area contributed by atoms with Gasteiger partial charge in [0.15, 0.2) is 0 Å². The minimum Gasteiger partial charge on any atom is -0.429 e. The third-order valence-electron chi connectivity index (χ3n) is 19.1. The molecule has 9 aromatic heterocycles. The quantitative estimate of drug-likeness (QED) is 0.0401. The Hall–Kier alpha value is -16.3. The van der Waals surface area contributed by atoms with E-state index in [-0.39, 0.29) is 22.7 Å². The number of ether oxygens (including phenoxy) is 6. The van der Waals surface area contributed by atoms with E-state index in [2.05, 4.69) is 187 Å². The van der Waals surface area contributed by atoms with Gasteiger partial charge in [-0.2, -0.15) is 0 Å². The molecule has 566 valence electrons. The maximum absolute atomic E-state index is 11.1. The number of carbonyl (C=O) groups excluding carboxylic acids is 6. The lowest BCUT2D eigenvalue weighted by molar-refractivity contribution is -0.121. The first-order chi connectivity index (χ1) is 57.3. The molecule has 0 saturated heterocycles. The van der Waals surface area contributed by atoms with Gasteiger partial charge < -0.3 is 28.4 Å². The van der Waals surface area contributed by atoms with E-state index in [4.69, 9.17) is 33.4 Å². The van der Waals surface area contributed by atoms with Gasteiger partial charge in [-0.05, 0) is 167 Å². The van der Waals surface area contributed by atoms with Crippen LogP contribution < -0.4 is 28.4 Å². The van der Waals surface area contributed by atoms with Crippen LogP contribution in [0.4, 0.5) is 0 Å². The van der Waals surface area contributed by atoms with Crippen molar-refractivity contribution in [3.05, 3.63) is 330 Å². The molecule has 0 N–H and O–H groups in total. The molecule has 1 aliphatic rings. The third-order valence-corrected chi connectivity index (χ3v) is 19.1. The number of carbonyl (C=O) groups is 6. The number of hydrogen-bond acceptors (Lipinski definition) is 21. The first kappa shape index (κ1) is 76.1. The standard InChI is InChI=1S/C34H25N3O4.C33H21N3O4.C29H19N3O4/c1-34(2)28-6-4-3-5-26(28)27-10-9-22(15-29(27)34)7-8-23-11-13-35-30(16-23)32-18-25(41-21-39)19-33(37-32)31-17-24(40-20-38)12-14-36-31;37-20-39-28-10-12-35-31(17-28)33-19-29(40-21-38)18-32(36-33)30-14-23(9-11-34-30)6-5-22-7-8-26-15-24-3-1-2-4-25(24)16-27(26)13-22;33-18-35-24-10-12-31-27(15-24)29-17-25(36-19-34)16-28(32-29)26-14-21(9-11-30-26)6-5-20-7-8-22-3-1-2-4-23(22)13-20/h3-21H,1-2H3;1-21H;1-19H/b8-7+;2*6-5+. The zero-order valence-electron chi connectivity index (χ0n) is 62.5. The van der Waals surface area contributed by atoms with Gasteiger partial charge in [-0.25, -0.2) is 15.0 Å². The molecular formula is C96H65N9O12. The molecule has 0 radical (unpaired) electrons. The number of nitrogens with zero attached hydrogens (tertiary/aromatic N) is 9. The second kappa shape index (κ2) is 35.4. The Labute approximate surface area is 669 Å². The highest BCUT2D eigenvalue weighted by Crippen LogP contribution is 2.49. The van der Waals surface area contributed by atoms with E-state index >= 15 is 0 Å². The fourth-order valence-corrected chi connectivity index (χ4v) is 13.6. The van der Waals surface area contributed by atoms with Gasteiger partial charge in [-0.15, -0.1) is 0 Å². The molecule has 0 unspecified atom stereocenters. The van der Waals surface area contributed by atoms with Crippen LogP contribution >= 0.6 is 0 Å². The molecule has 0 saturated carbocycles. The molecular weight excluding hydrogens is 1470 g/mol. The molecule has 0 aliphatic heterocycles. The lowest BCUT2D eigenvalue weighted by Gasteiger charge is -2.21. The van der Waals surface area contributed by atoms with E-state index < -0.39 is 0 Å². The number of aromatic nitrogens is 9. The van der Waals surface area contributed by atoms with Gasteiger partial charge in [0.05, 0.1) is 68.3 Å².